The van der Waals surface area contributed by atoms with Crippen molar-refractivity contribution in [2.75, 3.05) is 38.2 Å². The summed E-state index contributed by atoms with van der Waals surface area (Å²) in [5, 5.41) is 4.08. The third-order valence-corrected chi connectivity index (χ3v) is 5.74. The molecule has 1 fully saturated rings. The van der Waals surface area contributed by atoms with E-state index in [1.807, 2.05) is 24.3 Å². The topological polar surface area (TPSA) is 67.7 Å². The number of aromatic nitrogens is 2. The zero-order valence-corrected chi connectivity index (χ0v) is 18.7. The number of nitrogens with zero attached hydrogens (tertiary/aromatic N) is 4. The second kappa shape index (κ2) is 9.20. The largest absolute Gasteiger partial charge is 0.495 e. The van der Waals surface area contributed by atoms with Gasteiger partial charge in [-0.05, 0) is 31.2 Å². The molecule has 7 nitrogen and oxygen atoms in total. The molecule has 4 rings (SSSR count). The number of amides is 1. The van der Waals surface area contributed by atoms with E-state index in [-0.39, 0.29) is 11.4 Å². The first-order chi connectivity index (χ1) is 16.2. The van der Waals surface area contributed by atoms with Crippen LogP contribution >= 0.6 is 0 Å². The van der Waals surface area contributed by atoms with Gasteiger partial charge in [0, 0.05) is 37.9 Å². The summed E-state index contributed by atoms with van der Waals surface area (Å²) in [5.74, 6) is 0.108. The first-order valence-electron chi connectivity index (χ1n) is 10.7. The van der Waals surface area contributed by atoms with Gasteiger partial charge >= 0.3 is 6.18 Å². The number of anilines is 1. The Morgan fingerprint density at radius 2 is 1.59 bits per heavy atom. The number of aryl methyl sites for hydroxylation is 1. The SMILES string of the molecule is COc1ccccc1N1CCN(C(=O)c2nn(-c3ccccc3C(F)(F)F)c(C)cc2=O)CC1. The van der Waals surface area contributed by atoms with Crippen molar-refractivity contribution in [2.45, 2.75) is 13.1 Å². The molecule has 0 spiro atoms. The number of halogens is 3. The molecule has 34 heavy (non-hydrogen) atoms. The predicted octanol–water partition coefficient (Wildman–Crippen LogP) is 3.53. The number of carbonyl (C=O) groups excluding carboxylic acids is 1. The molecule has 1 saturated heterocycles. The first-order valence-corrected chi connectivity index (χ1v) is 10.7. The fourth-order valence-electron chi connectivity index (χ4n) is 4.03. The highest BCUT2D eigenvalue weighted by molar-refractivity contribution is 5.92. The molecule has 0 atom stereocenters. The minimum Gasteiger partial charge on any atom is -0.495 e. The molecular weight excluding hydrogens is 449 g/mol. The molecule has 2 heterocycles. The van der Waals surface area contributed by atoms with E-state index < -0.39 is 28.8 Å². The number of para-hydroxylation sites is 3. The van der Waals surface area contributed by atoms with Crippen LogP contribution in [-0.4, -0.2) is 53.9 Å². The van der Waals surface area contributed by atoms with Crippen LogP contribution in [0.1, 0.15) is 21.7 Å². The Morgan fingerprint density at radius 1 is 0.971 bits per heavy atom. The number of methoxy groups -OCH3 is 1. The van der Waals surface area contributed by atoms with Gasteiger partial charge in [0.25, 0.3) is 5.91 Å². The average Bonchev–Trinajstić information content (AvgIpc) is 2.83. The predicted molar refractivity (Wildman–Crippen MR) is 121 cm³/mol. The highest BCUT2D eigenvalue weighted by Crippen LogP contribution is 2.33. The van der Waals surface area contributed by atoms with Crippen molar-refractivity contribution < 1.29 is 22.7 Å². The summed E-state index contributed by atoms with van der Waals surface area (Å²) in [6.45, 7) is 3.13. The molecule has 3 aromatic rings. The third-order valence-electron chi connectivity index (χ3n) is 5.74. The van der Waals surface area contributed by atoms with Crippen molar-refractivity contribution in [1.29, 1.82) is 0 Å². The minimum atomic E-state index is -4.62. The normalized spacial score (nSPS) is 14.3. The van der Waals surface area contributed by atoms with Gasteiger partial charge < -0.3 is 14.5 Å². The lowest BCUT2D eigenvalue weighted by Gasteiger charge is -2.36. The number of carbonyl (C=O) groups is 1. The summed E-state index contributed by atoms with van der Waals surface area (Å²) in [6.07, 6.45) is -4.62. The Kier molecular flexibility index (Phi) is 6.32. The number of ether oxygens (including phenoxy) is 1. The Bertz CT molecular complexity index is 1260. The maximum atomic E-state index is 13.5. The summed E-state index contributed by atoms with van der Waals surface area (Å²) in [7, 11) is 1.59. The van der Waals surface area contributed by atoms with Gasteiger partial charge in [0.2, 0.25) is 5.43 Å². The molecule has 0 N–H and O–H groups in total. The number of alkyl halides is 3. The molecule has 1 aliphatic rings. The van der Waals surface area contributed by atoms with Gasteiger partial charge in [0.05, 0.1) is 24.0 Å². The molecule has 0 radical (unpaired) electrons. The van der Waals surface area contributed by atoms with Crippen molar-refractivity contribution in [3.63, 3.8) is 0 Å². The van der Waals surface area contributed by atoms with Crippen LogP contribution in [0.4, 0.5) is 18.9 Å². The molecule has 0 saturated carbocycles. The number of hydrogen-bond acceptors (Lipinski definition) is 5. The van der Waals surface area contributed by atoms with Crippen molar-refractivity contribution in [3.05, 3.63) is 81.8 Å². The first kappa shape index (κ1) is 23.3. The van der Waals surface area contributed by atoms with Gasteiger partial charge in [0.15, 0.2) is 5.69 Å². The number of piperazine rings is 1. The highest BCUT2D eigenvalue weighted by Gasteiger charge is 2.34. The fourth-order valence-corrected chi connectivity index (χ4v) is 4.03. The average molecular weight is 472 g/mol. The monoisotopic (exact) mass is 472 g/mol. The zero-order valence-electron chi connectivity index (χ0n) is 18.7. The summed E-state index contributed by atoms with van der Waals surface area (Å²) in [6, 6.07) is 13.6. The summed E-state index contributed by atoms with van der Waals surface area (Å²) in [5.41, 5.74) is -1.10. The van der Waals surface area contributed by atoms with Crippen LogP contribution in [0, 0.1) is 6.92 Å². The number of hydrogen-bond donors (Lipinski definition) is 0. The lowest BCUT2D eigenvalue weighted by molar-refractivity contribution is -0.137. The molecule has 0 bridgehead atoms. The van der Waals surface area contributed by atoms with Crippen LogP contribution in [0.5, 0.6) is 5.75 Å². The van der Waals surface area contributed by atoms with E-state index in [4.69, 9.17) is 4.74 Å². The van der Waals surface area contributed by atoms with Crippen LogP contribution in [0.2, 0.25) is 0 Å². The molecule has 1 amide bonds. The Morgan fingerprint density at radius 3 is 2.24 bits per heavy atom. The van der Waals surface area contributed by atoms with Gasteiger partial charge in [0.1, 0.15) is 5.75 Å². The number of rotatable bonds is 4. The van der Waals surface area contributed by atoms with Crippen molar-refractivity contribution in [1.82, 2.24) is 14.7 Å². The van der Waals surface area contributed by atoms with Gasteiger partial charge in [-0.3, -0.25) is 9.59 Å². The van der Waals surface area contributed by atoms with Crippen molar-refractivity contribution in [3.8, 4) is 11.4 Å². The van der Waals surface area contributed by atoms with Crippen molar-refractivity contribution in [2.24, 2.45) is 0 Å². The molecule has 0 unspecified atom stereocenters. The lowest BCUT2D eigenvalue weighted by atomic mass is 10.1. The standard InChI is InChI=1S/C24H23F3N4O3/c1-16-15-20(32)22(28-31(16)18-8-4-3-7-17(18)24(25,26)27)23(33)30-13-11-29(12-14-30)19-9-5-6-10-21(19)34-2/h3-10,15H,11-14H2,1-2H3. The smallest absolute Gasteiger partial charge is 0.418 e. The van der Waals surface area contributed by atoms with E-state index in [9.17, 15) is 22.8 Å². The third kappa shape index (κ3) is 4.48. The lowest BCUT2D eigenvalue weighted by Crippen LogP contribution is -2.50. The van der Waals surface area contributed by atoms with E-state index in [2.05, 4.69) is 10.00 Å². The number of benzene rings is 2. The second-order valence-corrected chi connectivity index (χ2v) is 7.88. The van der Waals surface area contributed by atoms with Gasteiger partial charge in [-0.1, -0.05) is 24.3 Å². The zero-order chi connectivity index (χ0) is 24.5. The van der Waals surface area contributed by atoms with E-state index in [0.29, 0.717) is 31.9 Å². The fraction of sp³-hybridized carbons (Fsp3) is 0.292. The van der Waals surface area contributed by atoms with Crippen LogP contribution in [0.15, 0.2) is 59.4 Å². The van der Waals surface area contributed by atoms with Crippen LogP contribution in [0.3, 0.4) is 0 Å². The van der Waals surface area contributed by atoms with E-state index in [1.165, 1.54) is 30.0 Å². The van der Waals surface area contributed by atoms with E-state index in [0.717, 1.165) is 22.5 Å². The van der Waals surface area contributed by atoms with Crippen LogP contribution in [0.25, 0.3) is 5.69 Å². The van der Waals surface area contributed by atoms with Crippen molar-refractivity contribution >= 4 is 11.6 Å². The Labute approximate surface area is 194 Å². The van der Waals surface area contributed by atoms with Gasteiger partial charge in [-0.15, -0.1) is 0 Å². The van der Waals surface area contributed by atoms with Gasteiger partial charge in [-0.25, -0.2) is 4.68 Å². The Hall–Kier alpha value is -3.82. The highest BCUT2D eigenvalue weighted by atomic mass is 19.4. The van der Waals surface area contributed by atoms with Gasteiger partial charge in [-0.2, -0.15) is 18.3 Å². The molecule has 1 aliphatic heterocycles. The molecule has 1 aromatic heterocycles. The summed E-state index contributed by atoms with van der Waals surface area (Å²) in [4.78, 5) is 29.3. The molecule has 10 heteroatoms. The minimum absolute atomic E-state index is 0.194. The van der Waals surface area contributed by atoms with Crippen LogP contribution < -0.4 is 15.1 Å². The summed E-state index contributed by atoms with van der Waals surface area (Å²) < 4.78 is 47.0. The second-order valence-electron chi connectivity index (χ2n) is 7.88. The molecule has 178 valence electrons. The Balaban J connectivity index is 1.61. The van der Waals surface area contributed by atoms with Crippen LogP contribution in [-0.2, 0) is 6.18 Å². The van der Waals surface area contributed by atoms with E-state index >= 15 is 0 Å². The molecular formula is C24H23F3N4O3. The molecule has 2 aromatic carbocycles. The van der Waals surface area contributed by atoms with E-state index in [1.54, 1.807) is 7.11 Å². The summed E-state index contributed by atoms with van der Waals surface area (Å²) >= 11 is 0. The maximum absolute atomic E-state index is 13.5. The quantitative estimate of drug-likeness (QED) is 0.581. The maximum Gasteiger partial charge on any atom is 0.418 e. The molecule has 0 aliphatic carbocycles.